The molecule has 0 spiro atoms. The molecule has 0 aromatic heterocycles. The predicted molar refractivity (Wildman–Crippen MR) is 135 cm³/mol. The largest absolute Gasteiger partial charge is 0.493 e. The van der Waals surface area contributed by atoms with Crippen LogP contribution in [0.25, 0.3) is 6.08 Å². The number of nitrogens with zero attached hydrogens (tertiary/aromatic N) is 3. The van der Waals surface area contributed by atoms with Gasteiger partial charge in [0.1, 0.15) is 5.75 Å². The van der Waals surface area contributed by atoms with Crippen LogP contribution in [-0.2, 0) is 9.53 Å². The van der Waals surface area contributed by atoms with Crippen LogP contribution >= 0.6 is 11.8 Å². The molecule has 7 nitrogen and oxygen atoms in total. The normalized spacial score (nSPS) is 18.9. The van der Waals surface area contributed by atoms with Crippen molar-refractivity contribution in [3.63, 3.8) is 0 Å². The molecule has 2 heterocycles. The summed E-state index contributed by atoms with van der Waals surface area (Å²) in [7, 11) is 1.71. The second-order valence-corrected chi connectivity index (χ2v) is 9.61. The number of amidine groups is 1. The first-order valence-corrected chi connectivity index (χ1v) is 12.2. The Kier molecular flexibility index (Phi) is 7.70. The van der Waals surface area contributed by atoms with E-state index in [1.807, 2.05) is 42.5 Å². The van der Waals surface area contributed by atoms with E-state index in [1.165, 1.54) is 16.7 Å². The summed E-state index contributed by atoms with van der Waals surface area (Å²) >= 11 is 1.32. The van der Waals surface area contributed by atoms with Gasteiger partial charge < -0.3 is 14.4 Å². The van der Waals surface area contributed by atoms with Gasteiger partial charge in [-0.15, -0.1) is 0 Å². The van der Waals surface area contributed by atoms with Gasteiger partial charge in [-0.1, -0.05) is 32.0 Å². The van der Waals surface area contributed by atoms with Crippen molar-refractivity contribution in [2.24, 2.45) is 10.9 Å². The number of rotatable bonds is 6. The van der Waals surface area contributed by atoms with Crippen molar-refractivity contribution in [2.75, 3.05) is 40.0 Å². The Labute approximate surface area is 204 Å². The van der Waals surface area contributed by atoms with Gasteiger partial charge >= 0.3 is 0 Å². The minimum absolute atomic E-state index is 0.0322. The van der Waals surface area contributed by atoms with E-state index in [2.05, 4.69) is 18.8 Å². The van der Waals surface area contributed by atoms with Crippen LogP contribution in [0.5, 0.6) is 5.75 Å². The molecule has 0 unspecified atom stereocenters. The number of morpholine rings is 1. The van der Waals surface area contributed by atoms with E-state index < -0.39 is 0 Å². The van der Waals surface area contributed by atoms with E-state index in [1.54, 1.807) is 24.1 Å². The molecule has 0 aliphatic carbocycles. The first-order chi connectivity index (χ1) is 16.4. The van der Waals surface area contributed by atoms with Crippen LogP contribution in [0.15, 0.2) is 58.4 Å². The summed E-state index contributed by atoms with van der Waals surface area (Å²) in [6.07, 6.45) is 1.86. The lowest BCUT2D eigenvalue weighted by molar-refractivity contribution is -0.121. The van der Waals surface area contributed by atoms with Gasteiger partial charge in [-0.25, -0.2) is 4.99 Å². The van der Waals surface area contributed by atoms with Gasteiger partial charge in [0.05, 0.1) is 30.4 Å². The molecule has 2 fully saturated rings. The molecule has 2 saturated heterocycles. The second kappa shape index (κ2) is 10.9. The third kappa shape index (κ3) is 5.87. The Hall–Kier alpha value is -3.10. The molecule has 178 valence electrons. The number of hydrogen-bond acceptors (Lipinski definition) is 6. The third-order valence-electron chi connectivity index (χ3n) is 5.38. The standard InChI is InChI=1S/C26H29N3O4S/c1-18(2)17-33-22-9-7-19(8-10-22)15-23-25(31)28(3)26(34-23)27-21-6-4-5-20(16-21)24(30)29-11-13-32-14-12-29/h4-10,15-16,18H,11-14,17H2,1-3H3/b23-15+,27-26?. The Morgan fingerprint density at radius 1 is 1.18 bits per heavy atom. The first kappa shape index (κ1) is 24.0. The lowest BCUT2D eigenvalue weighted by atomic mass is 10.1. The summed E-state index contributed by atoms with van der Waals surface area (Å²) < 4.78 is 11.1. The van der Waals surface area contributed by atoms with Crippen LogP contribution in [0.1, 0.15) is 29.8 Å². The highest BCUT2D eigenvalue weighted by Gasteiger charge is 2.30. The van der Waals surface area contributed by atoms with Crippen molar-refractivity contribution in [1.29, 1.82) is 0 Å². The number of aliphatic imine (C=N–C) groups is 1. The molecule has 2 aliphatic heterocycles. The maximum absolute atomic E-state index is 12.8. The average Bonchev–Trinajstić information content (AvgIpc) is 3.11. The van der Waals surface area contributed by atoms with Crippen molar-refractivity contribution in [3.8, 4) is 5.75 Å². The molecule has 4 rings (SSSR count). The van der Waals surface area contributed by atoms with E-state index in [0.29, 0.717) is 60.2 Å². The zero-order chi connectivity index (χ0) is 24.1. The van der Waals surface area contributed by atoms with Crippen LogP contribution in [0.2, 0.25) is 0 Å². The highest BCUT2D eigenvalue weighted by molar-refractivity contribution is 8.18. The molecule has 0 bridgehead atoms. The average molecular weight is 480 g/mol. The quantitative estimate of drug-likeness (QED) is 0.574. The number of carbonyl (C=O) groups excluding carboxylic acids is 2. The van der Waals surface area contributed by atoms with Gasteiger partial charge in [0.2, 0.25) is 0 Å². The number of ether oxygens (including phenoxy) is 2. The van der Waals surface area contributed by atoms with Gasteiger partial charge in [0.25, 0.3) is 11.8 Å². The molecule has 0 saturated carbocycles. The molecule has 2 aliphatic rings. The Balaban J connectivity index is 1.48. The van der Waals surface area contributed by atoms with Crippen LogP contribution in [-0.4, -0.2) is 66.7 Å². The second-order valence-electron chi connectivity index (χ2n) is 8.60. The minimum Gasteiger partial charge on any atom is -0.493 e. The van der Waals surface area contributed by atoms with Crippen molar-refractivity contribution >= 4 is 40.5 Å². The highest BCUT2D eigenvalue weighted by atomic mass is 32.2. The van der Waals surface area contributed by atoms with E-state index in [4.69, 9.17) is 9.47 Å². The van der Waals surface area contributed by atoms with E-state index in [-0.39, 0.29) is 11.8 Å². The highest BCUT2D eigenvalue weighted by Crippen LogP contribution is 2.33. The number of hydrogen-bond donors (Lipinski definition) is 0. The van der Waals surface area contributed by atoms with Crippen LogP contribution in [0, 0.1) is 5.92 Å². The molecular formula is C26H29N3O4S. The van der Waals surface area contributed by atoms with Gasteiger partial charge in [-0.05, 0) is 59.7 Å². The van der Waals surface area contributed by atoms with E-state index >= 15 is 0 Å². The SMILES string of the molecule is CC(C)COc1ccc(/C=C2/SC(=Nc3cccc(C(=O)N4CCOCC4)c3)N(C)C2=O)cc1. The number of benzene rings is 2. The minimum atomic E-state index is -0.107. The fraction of sp³-hybridized carbons (Fsp3) is 0.346. The smallest absolute Gasteiger partial charge is 0.266 e. The molecule has 2 aromatic rings. The number of amides is 2. The molecule has 2 amide bonds. The van der Waals surface area contributed by atoms with Crippen molar-refractivity contribution < 1.29 is 19.1 Å². The summed E-state index contributed by atoms with van der Waals surface area (Å²) in [4.78, 5) is 34.2. The zero-order valence-corrected chi connectivity index (χ0v) is 20.5. The molecule has 8 heteroatoms. The maximum atomic E-state index is 12.8. The van der Waals surface area contributed by atoms with E-state index in [0.717, 1.165) is 11.3 Å². The van der Waals surface area contributed by atoms with Crippen molar-refractivity contribution in [3.05, 3.63) is 64.6 Å². The van der Waals surface area contributed by atoms with Gasteiger partial charge in [0.15, 0.2) is 5.17 Å². The van der Waals surface area contributed by atoms with Gasteiger partial charge in [-0.2, -0.15) is 0 Å². The summed E-state index contributed by atoms with van der Waals surface area (Å²) in [5.41, 5.74) is 2.13. The zero-order valence-electron chi connectivity index (χ0n) is 19.7. The summed E-state index contributed by atoms with van der Waals surface area (Å²) in [5.74, 6) is 1.13. The number of carbonyl (C=O) groups is 2. The maximum Gasteiger partial charge on any atom is 0.266 e. The fourth-order valence-electron chi connectivity index (χ4n) is 3.49. The molecule has 0 atom stereocenters. The summed E-state index contributed by atoms with van der Waals surface area (Å²) in [6.45, 7) is 7.16. The molecular weight excluding hydrogens is 450 g/mol. The summed E-state index contributed by atoms with van der Waals surface area (Å²) in [5, 5.41) is 0.573. The summed E-state index contributed by atoms with van der Waals surface area (Å²) in [6, 6.07) is 14.9. The Bertz CT molecular complexity index is 1110. The lowest BCUT2D eigenvalue weighted by Crippen LogP contribution is -2.40. The van der Waals surface area contributed by atoms with Crippen LogP contribution < -0.4 is 4.74 Å². The van der Waals surface area contributed by atoms with Crippen LogP contribution in [0.4, 0.5) is 5.69 Å². The van der Waals surface area contributed by atoms with Crippen LogP contribution in [0.3, 0.4) is 0 Å². The van der Waals surface area contributed by atoms with Crippen molar-refractivity contribution in [2.45, 2.75) is 13.8 Å². The lowest BCUT2D eigenvalue weighted by Gasteiger charge is -2.26. The first-order valence-electron chi connectivity index (χ1n) is 11.4. The molecule has 0 radical (unpaired) electrons. The Morgan fingerprint density at radius 3 is 2.62 bits per heavy atom. The Morgan fingerprint density at radius 2 is 1.91 bits per heavy atom. The molecule has 2 aromatic carbocycles. The van der Waals surface area contributed by atoms with Gasteiger partial charge in [0, 0.05) is 25.7 Å². The van der Waals surface area contributed by atoms with E-state index in [9.17, 15) is 9.59 Å². The number of likely N-dealkylation sites (N-methyl/N-ethyl adjacent to an activating group) is 1. The monoisotopic (exact) mass is 479 g/mol. The van der Waals surface area contributed by atoms with Gasteiger partial charge in [-0.3, -0.25) is 14.5 Å². The third-order valence-corrected chi connectivity index (χ3v) is 6.44. The topological polar surface area (TPSA) is 71.4 Å². The number of thioether (sulfide) groups is 1. The molecule has 34 heavy (non-hydrogen) atoms. The molecule has 0 N–H and O–H groups in total. The fourth-order valence-corrected chi connectivity index (χ4v) is 4.48. The predicted octanol–water partition coefficient (Wildman–Crippen LogP) is 4.43. The van der Waals surface area contributed by atoms with Crippen molar-refractivity contribution in [1.82, 2.24) is 9.80 Å².